The number of aromatic nitrogens is 1. The van der Waals surface area contributed by atoms with Crippen LogP contribution in [0.4, 0.5) is 0 Å². The Morgan fingerprint density at radius 1 is 1.05 bits per heavy atom. The number of hydrogen-bond donors (Lipinski definition) is 1. The van der Waals surface area contributed by atoms with Gasteiger partial charge in [-0.15, -0.1) is 0 Å². The summed E-state index contributed by atoms with van der Waals surface area (Å²) in [5.74, 6) is 0. The van der Waals surface area contributed by atoms with Gasteiger partial charge in [0.05, 0.1) is 5.52 Å². The largest absolute Gasteiger partial charge is 0.326 e. The summed E-state index contributed by atoms with van der Waals surface area (Å²) in [5.41, 5.74) is 11.6. The van der Waals surface area contributed by atoms with E-state index in [0.717, 1.165) is 5.52 Å². The molecule has 1 heterocycles. The SMILES string of the molecule is Cc1cc(CN)ccc1-c1ccc2cccnc2c1. The molecule has 0 fully saturated rings. The molecule has 0 amide bonds. The summed E-state index contributed by atoms with van der Waals surface area (Å²) in [6, 6.07) is 16.8. The first-order valence-electron chi connectivity index (χ1n) is 6.43. The van der Waals surface area contributed by atoms with Crippen LogP contribution in [0.5, 0.6) is 0 Å². The van der Waals surface area contributed by atoms with Crippen molar-refractivity contribution in [2.24, 2.45) is 5.73 Å². The molecule has 1 aromatic heterocycles. The summed E-state index contributed by atoms with van der Waals surface area (Å²) in [6.45, 7) is 2.71. The second kappa shape index (κ2) is 4.82. The molecule has 94 valence electrons. The third-order valence-electron chi connectivity index (χ3n) is 3.44. The first-order valence-corrected chi connectivity index (χ1v) is 6.43. The van der Waals surface area contributed by atoms with Gasteiger partial charge in [0.15, 0.2) is 0 Å². The van der Waals surface area contributed by atoms with E-state index in [0.29, 0.717) is 6.54 Å². The number of benzene rings is 2. The van der Waals surface area contributed by atoms with E-state index in [1.807, 2.05) is 12.3 Å². The third-order valence-corrected chi connectivity index (χ3v) is 3.44. The zero-order chi connectivity index (χ0) is 13.2. The molecule has 3 aromatic rings. The average Bonchev–Trinajstić information content (AvgIpc) is 2.46. The number of hydrogen-bond acceptors (Lipinski definition) is 2. The van der Waals surface area contributed by atoms with Crippen molar-refractivity contribution in [1.29, 1.82) is 0 Å². The molecule has 0 saturated heterocycles. The van der Waals surface area contributed by atoms with Gasteiger partial charge in [-0.1, -0.05) is 36.4 Å². The number of nitrogens with two attached hydrogens (primary N) is 1. The first kappa shape index (κ1) is 11.9. The van der Waals surface area contributed by atoms with E-state index in [9.17, 15) is 0 Å². The number of rotatable bonds is 2. The minimum Gasteiger partial charge on any atom is -0.326 e. The first-order chi connectivity index (χ1) is 9.28. The number of fused-ring (bicyclic) bond motifs is 1. The summed E-state index contributed by atoms with van der Waals surface area (Å²) >= 11 is 0. The minimum atomic E-state index is 0.584. The van der Waals surface area contributed by atoms with Gasteiger partial charge in [-0.05, 0) is 41.3 Å². The third kappa shape index (κ3) is 2.23. The normalized spacial score (nSPS) is 10.8. The quantitative estimate of drug-likeness (QED) is 0.751. The minimum absolute atomic E-state index is 0.584. The Labute approximate surface area is 112 Å². The highest BCUT2D eigenvalue weighted by Crippen LogP contribution is 2.26. The highest BCUT2D eigenvalue weighted by Gasteiger charge is 2.04. The molecule has 0 spiro atoms. The maximum atomic E-state index is 5.67. The van der Waals surface area contributed by atoms with Crippen LogP contribution in [0.25, 0.3) is 22.0 Å². The van der Waals surface area contributed by atoms with Gasteiger partial charge in [0.2, 0.25) is 0 Å². The summed E-state index contributed by atoms with van der Waals surface area (Å²) in [7, 11) is 0. The average molecular weight is 248 g/mol. The molecule has 2 nitrogen and oxygen atoms in total. The van der Waals surface area contributed by atoms with Crippen LogP contribution in [0.15, 0.2) is 54.7 Å². The lowest BCUT2D eigenvalue weighted by molar-refractivity contribution is 1.07. The molecule has 0 radical (unpaired) electrons. The molecule has 0 bridgehead atoms. The zero-order valence-corrected chi connectivity index (χ0v) is 10.9. The molecule has 3 rings (SSSR count). The predicted molar refractivity (Wildman–Crippen MR) is 79.8 cm³/mol. The Bertz CT molecular complexity index is 732. The summed E-state index contributed by atoms with van der Waals surface area (Å²) < 4.78 is 0. The van der Waals surface area contributed by atoms with Crippen molar-refractivity contribution >= 4 is 10.9 Å². The second-order valence-corrected chi connectivity index (χ2v) is 4.76. The van der Waals surface area contributed by atoms with Crippen LogP contribution in [0.1, 0.15) is 11.1 Å². The topological polar surface area (TPSA) is 38.9 Å². The smallest absolute Gasteiger partial charge is 0.0708 e. The molecule has 0 aliphatic heterocycles. The van der Waals surface area contributed by atoms with E-state index in [-0.39, 0.29) is 0 Å². The summed E-state index contributed by atoms with van der Waals surface area (Å²) in [5, 5.41) is 1.17. The van der Waals surface area contributed by atoms with Crippen molar-refractivity contribution < 1.29 is 0 Å². The number of nitrogens with zero attached hydrogens (tertiary/aromatic N) is 1. The van der Waals surface area contributed by atoms with Gasteiger partial charge < -0.3 is 5.73 Å². The second-order valence-electron chi connectivity index (χ2n) is 4.76. The van der Waals surface area contributed by atoms with Crippen molar-refractivity contribution in [1.82, 2.24) is 4.98 Å². The Morgan fingerprint density at radius 3 is 2.74 bits per heavy atom. The molecular formula is C17H16N2. The van der Waals surface area contributed by atoms with Crippen LogP contribution < -0.4 is 5.73 Å². The fourth-order valence-electron chi connectivity index (χ4n) is 2.41. The zero-order valence-electron chi connectivity index (χ0n) is 10.9. The van der Waals surface area contributed by atoms with Crippen molar-refractivity contribution in [2.45, 2.75) is 13.5 Å². The van der Waals surface area contributed by atoms with Crippen molar-refractivity contribution in [3.05, 3.63) is 65.9 Å². The number of pyridine rings is 1. The standard InChI is InChI=1S/C17H16N2/c1-12-9-13(11-18)4-7-16(12)15-6-5-14-3-2-8-19-17(14)10-15/h2-10H,11,18H2,1H3. The van der Waals surface area contributed by atoms with E-state index in [2.05, 4.69) is 54.4 Å². The molecule has 2 N–H and O–H groups in total. The van der Waals surface area contributed by atoms with E-state index >= 15 is 0 Å². The van der Waals surface area contributed by atoms with E-state index < -0.39 is 0 Å². The van der Waals surface area contributed by atoms with Crippen LogP contribution in [0.3, 0.4) is 0 Å². The monoisotopic (exact) mass is 248 g/mol. The van der Waals surface area contributed by atoms with Crippen LogP contribution >= 0.6 is 0 Å². The van der Waals surface area contributed by atoms with Gasteiger partial charge in [0, 0.05) is 18.1 Å². The van der Waals surface area contributed by atoms with Crippen LogP contribution in [0.2, 0.25) is 0 Å². The molecule has 0 aliphatic rings. The molecule has 0 unspecified atom stereocenters. The predicted octanol–water partition coefficient (Wildman–Crippen LogP) is 3.67. The molecule has 2 aromatic carbocycles. The molecule has 0 saturated carbocycles. The van der Waals surface area contributed by atoms with Crippen LogP contribution in [-0.2, 0) is 6.54 Å². The Balaban J connectivity index is 2.13. The van der Waals surface area contributed by atoms with E-state index in [1.54, 1.807) is 0 Å². The summed E-state index contributed by atoms with van der Waals surface area (Å²) in [4.78, 5) is 4.41. The molecule has 0 atom stereocenters. The fourth-order valence-corrected chi connectivity index (χ4v) is 2.41. The Morgan fingerprint density at radius 2 is 1.95 bits per heavy atom. The molecule has 0 aliphatic carbocycles. The Kier molecular flexibility index (Phi) is 3.02. The molecular weight excluding hydrogens is 232 g/mol. The fraction of sp³-hybridized carbons (Fsp3) is 0.118. The van der Waals surface area contributed by atoms with E-state index in [4.69, 9.17) is 5.73 Å². The van der Waals surface area contributed by atoms with Gasteiger partial charge in [0.1, 0.15) is 0 Å². The van der Waals surface area contributed by atoms with Gasteiger partial charge in [-0.25, -0.2) is 0 Å². The number of aryl methyl sites for hydroxylation is 1. The van der Waals surface area contributed by atoms with Crippen molar-refractivity contribution in [2.75, 3.05) is 0 Å². The summed E-state index contributed by atoms with van der Waals surface area (Å²) in [6.07, 6.45) is 1.83. The Hall–Kier alpha value is -2.19. The molecule has 19 heavy (non-hydrogen) atoms. The van der Waals surface area contributed by atoms with Gasteiger partial charge in [0.25, 0.3) is 0 Å². The van der Waals surface area contributed by atoms with Crippen LogP contribution in [-0.4, -0.2) is 4.98 Å². The highest BCUT2D eigenvalue weighted by molar-refractivity contribution is 5.84. The van der Waals surface area contributed by atoms with Gasteiger partial charge >= 0.3 is 0 Å². The van der Waals surface area contributed by atoms with Crippen LogP contribution in [0, 0.1) is 6.92 Å². The maximum Gasteiger partial charge on any atom is 0.0708 e. The molecule has 2 heteroatoms. The lowest BCUT2D eigenvalue weighted by atomic mass is 9.97. The maximum absolute atomic E-state index is 5.67. The van der Waals surface area contributed by atoms with Gasteiger partial charge in [-0.2, -0.15) is 0 Å². The lowest BCUT2D eigenvalue weighted by Crippen LogP contribution is -1.97. The van der Waals surface area contributed by atoms with Crippen molar-refractivity contribution in [3.8, 4) is 11.1 Å². The van der Waals surface area contributed by atoms with E-state index in [1.165, 1.54) is 27.6 Å². The van der Waals surface area contributed by atoms with Gasteiger partial charge in [-0.3, -0.25) is 4.98 Å². The highest BCUT2D eigenvalue weighted by atomic mass is 14.6. The van der Waals surface area contributed by atoms with Crippen molar-refractivity contribution in [3.63, 3.8) is 0 Å². The lowest BCUT2D eigenvalue weighted by Gasteiger charge is -2.09.